The summed E-state index contributed by atoms with van der Waals surface area (Å²) < 4.78 is 44.4. The van der Waals surface area contributed by atoms with Gasteiger partial charge in [0.1, 0.15) is 10.7 Å². The molecule has 0 heterocycles. The van der Waals surface area contributed by atoms with Crippen LogP contribution in [-0.4, -0.2) is 45.9 Å². The molecule has 7 nitrogen and oxygen atoms in total. The molecule has 5 rings (SSSR count). The first-order valence-electron chi connectivity index (χ1n) is 11.0. The lowest BCUT2D eigenvalue weighted by Gasteiger charge is -2.67. The number of ether oxygens (including phenoxy) is 2. The van der Waals surface area contributed by atoms with Crippen LogP contribution >= 0.6 is 0 Å². The Morgan fingerprint density at radius 1 is 1.09 bits per heavy atom. The summed E-state index contributed by atoms with van der Waals surface area (Å²) in [7, 11) is -1.51. The minimum Gasteiger partial charge on any atom is -0.395 e. The van der Waals surface area contributed by atoms with E-state index in [2.05, 4.69) is 0 Å². The number of Topliss-reactive ketones (excluding diaryl/α,β-unsaturated/α-hetero) is 1. The maximum atomic E-state index is 14.2. The van der Waals surface area contributed by atoms with Crippen LogP contribution in [0.4, 0.5) is 0 Å². The number of carbonyl (C=O) groups excluding carboxylic acids is 1. The highest BCUT2D eigenvalue weighted by Gasteiger charge is 2.82. The fourth-order valence-corrected chi connectivity index (χ4v) is 7.73. The predicted molar refractivity (Wildman–Crippen MR) is 122 cm³/mol. The van der Waals surface area contributed by atoms with Gasteiger partial charge in [-0.15, -0.1) is 0 Å². The number of methoxy groups -OCH3 is 2. The van der Waals surface area contributed by atoms with Gasteiger partial charge in [-0.2, -0.15) is 8.42 Å². The lowest BCUT2D eigenvalue weighted by molar-refractivity contribution is -0.296. The third-order valence-electron chi connectivity index (χ3n) is 8.63. The Morgan fingerprint density at radius 3 is 2.18 bits per heavy atom. The molecule has 1 aromatic rings. The number of allylic oxidation sites excluding steroid dienone is 2. The first kappa shape index (κ1) is 24.1. The molecule has 0 radical (unpaired) electrons. The number of aliphatic hydroxyl groups is 1. The van der Waals surface area contributed by atoms with E-state index in [1.165, 1.54) is 26.4 Å². The van der Waals surface area contributed by atoms with E-state index in [9.17, 15) is 18.3 Å². The van der Waals surface area contributed by atoms with Crippen molar-refractivity contribution in [2.45, 2.75) is 51.7 Å². The van der Waals surface area contributed by atoms with Gasteiger partial charge in [0.15, 0.2) is 0 Å². The molecule has 180 valence electrons. The molecule has 1 N–H and O–H groups in total. The number of rotatable bonds is 6. The van der Waals surface area contributed by atoms with Crippen molar-refractivity contribution in [3.63, 3.8) is 0 Å². The quantitative estimate of drug-likeness (QED) is 0.381. The van der Waals surface area contributed by atoms with Crippen molar-refractivity contribution in [3.8, 4) is 0 Å². The minimum absolute atomic E-state index is 0.00337. The van der Waals surface area contributed by atoms with Gasteiger partial charge in [-0.3, -0.25) is 4.79 Å². The molecule has 0 saturated heterocycles. The van der Waals surface area contributed by atoms with Crippen LogP contribution < -0.4 is 0 Å². The van der Waals surface area contributed by atoms with Crippen LogP contribution in [0.1, 0.15) is 39.7 Å². The Kier molecular flexibility index (Phi) is 5.30. The standard InChI is InChI=1S/C25H32O7S/c1-15-8-11-18(12-9-15)33(28,29)32-20-17(3)24-16(2)10-13-19(24)22(4,14-26)23(20,5)25(30-6,31-7)21(24)27/h8-9,11-13,16,26H,10,14H2,1-7H3. The summed E-state index contributed by atoms with van der Waals surface area (Å²) in [6, 6.07) is 6.37. The number of fused-ring (bicyclic) bond motifs is 1. The number of benzene rings is 1. The average Bonchev–Trinajstić information content (AvgIpc) is 3.14. The summed E-state index contributed by atoms with van der Waals surface area (Å²) in [6.45, 7) is 8.71. The van der Waals surface area contributed by atoms with Crippen molar-refractivity contribution < 1.29 is 32.0 Å². The monoisotopic (exact) mass is 476 g/mol. The Morgan fingerprint density at radius 2 is 1.67 bits per heavy atom. The summed E-state index contributed by atoms with van der Waals surface area (Å²) in [5, 5.41) is 10.7. The van der Waals surface area contributed by atoms with Crippen LogP contribution in [0, 0.1) is 29.1 Å². The smallest absolute Gasteiger partial charge is 0.338 e. The fourth-order valence-electron chi connectivity index (χ4n) is 6.65. The summed E-state index contributed by atoms with van der Waals surface area (Å²) in [4.78, 5) is 14.2. The molecule has 1 spiro atoms. The molecule has 4 aliphatic carbocycles. The molecule has 4 aliphatic rings. The Hall–Kier alpha value is -2.00. The predicted octanol–water partition coefficient (Wildman–Crippen LogP) is 3.52. The number of hydrogen-bond acceptors (Lipinski definition) is 7. The van der Waals surface area contributed by atoms with Crippen LogP contribution in [0.2, 0.25) is 0 Å². The van der Waals surface area contributed by atoms with Crippen LogP contribution in [0.25, 0.3) is 0 Å². The molecule has 0 aliphatic heterocycles. The van der Waals surface area contributed by atoms with Gasteiger partial charge in [0.2, 0.25) is 11.6 Å². The van der Waals surface area contributed by atoms with Crippen molar-refractivity contribution in [2.75, 3.05) is 20.8 Å². The van der Waals surface area contributed by atoms with E-state index >= 15 is 0 Å². The van der Waals surface area contributed by atoms with E-state index in [0.717, 1.165) is 11.1 Å². The summed E-state index contributed by atoms with van der Waals surface area (Å²) in [5.41, 5.74) is -1.51. The zero-order chi connectivity index (χ0) is 24.6. The minimum atomic E-state index is -4.24. The molecule has 1 aromatic carbocycles. The Balaban J connectivity index is 2.06. The molecule has 33 heavy (non-hydrogen) atoms. The van der Waals surface area contributed by atoms with Gasteiger partial charge in [-0.25, -0.2) is 0 Å². The summed E-state index contributed by atoms with van der Waals surface area (Å²) in [5.74, 6) is -2.24. The van der Waals surface area contributed by atoms with Crippen molar-refractivity contribution >= 4 is 15.9 Å². The molecule has 8 heteroatoms. The van der Waals surface area contributed by atoms with E-state index in [1.807, 2.05) is 26.8 Å². The summed E-state index contributed by atoms with van der Waals surface area (Å²) in [6.07, 6.45) is 2.60. The third kappa shape index (κ3) is 2.50. The highest BCUT2D eigenvalue weighted by molar-refractivity contribution is 7.86. The first-order valence-corrected chi connectivity index (χ1v) is 12.5. The SMILES string of the molecule is COC1(OC)C(=O)C23C(=CCC2C)C(C)(CO)C1(C)C(OS(=O)(=O)c1ccc(C)cc1)=C3C. The number of hydrogen-bond donors (Lipinski definition) is 1. The molecule has 1 fully saturated rings. The normalized spacial score (nSPS) is 35.0. The van der Waals surface area contributed by atoms with Crippen LogP contribution in [0.15, 0.2) is 52.1 Å². The van der Waals surface area contributed by atoms with Gasteiger partial charge in [0.25, 0.3) is 0 Å². The highest BCUT2D eigenvalue weighted by Crippen LogP contribution is 2.76. The second-order valence-corrected chi connectivity index (χ2v) is 11.4. The van der Waals surface area contributed by atoms with Gasteiger partial charge in [-0.05, 0) is 56.4 Å². The zero-order valence-electron chi connectivity index (χ0n) is 20.2. The largest absolute Gasteiger partial charge is 0.395 e. The van der Waals surface area contributed by atoms with Gasteiger partial charge < -0.3 is 18.8 Å². The molecule has 2 bridgehead atoms. The van der Waals surface area contributed by atoms with Crippen molar-refractivity contribution in [1.29, 1.82) is 0 Å². The van der Waals surface area contributed by atoms with E-state index in [4.69, 9.17) is 13.7 Å². The fraction of sp³-hybridized carbons (Fsp3) is 0.560. The number of ketones is 1. The molecule has 1 saturated carbocycles. The maximum Gasteiger partial charge on any atom is 0.338 e. The Bertz CT molecular complexity index is 1180. The zero-order valence-corrected chi connectivity index (χ0v) is 21.0. The van der Waals surface area contributed by atoms with Gasteiger partial charge in [0, 0.05) is 19.6 Å². The van der Waals surface area contributed by atoms with E-state index in [-0.39, 0.29) is 29.0 Å². The van der Waals surface area contributed by atoms with Gasteiger partial charge in [0.05, 0.1) is 17.4 Å². The summed E-state index contributed by atoms with van der Waals surface area (Å²) >= 11 is 0. The third-order valence-corrected chi connectivity index (χ3v) is 9.87. The van der Waals surface area contributed by atoms with Crippen molar-refractivity contribution in [2.24, 2.45) is 22.2 Å². The maximum absolute atomic E-state index is 14.2. The van der Waals surface area contributed by atoms with E-state index < -0.39 is 32.2 Å². The molecule has 4 unspecified atom stereocenters. The second kappa shape index (κ2) is 7.25. The molecule has 4 atom stereocenters. The highest BCUT2D eigenvalue weighted by atomic mass is 32.2. The molecule has 0 aromatic heterocycles. The lowest BCUT2D eigenvalue weighted by Crippen LogP contribution is -2.76. The topological polar surface area (TPSA) is 99.1 Å². The average molecular weight is 477 g/mol. The number of carbonyl (C=O) groups is 1. The Labute approximate surface area is 195 Å². The number of aryl methyl sites for hydroxylation is 1. The lowest BCUT2D eigenvalue weighted by atomic mass is 9.38. The molecular weight excluding hydrogens is 444 g/mol. The van der Waals surface area contributed by atoms with Crippen molar-refractivity contribution in [3.05, 3.63) is 52.8 Å². The van der Waals surface area contributed by atoms with E-state index in [0.29, 0.717) is 12.0 Å². The van der Waals surface area contributed by atoms with Gasteiger partial charge in [-0.1, -0.05) is 37.6 Å². The first-order chi connectivity index (χ1) is 15.3. The van der Waals surface area contributed by atoms with Crippen LogP contribution in [0.3, 0.4) is 0 Å². The molecular formula is C25H32O7S. The number of aliphatic hydroxyl groups excluding tert-OH is 1. The van der Waals surface area contributed by atoms with Crippen LogP contribution in [0.5, 0.6) is 0 Å². The van der Waals surface area contributed by atoms with Crippen LogP contribution in [-0.2, 0) is 28.6 Å². The van der Waals surface area contributed by atoms with Gasteiger partial charge >= 0.3 is 10.1 Å². The van der Waals surface area contributed by atoms with Crippen molar-refractivity contribution in [1.82, 2.24) is 0 Å². The molecule has 0 amide bonds. The second-order valence-electron chi connectivity index (χ2n) is 9.84. The van der Waals surface area contributed by atoms with E-state index in [1.54, 1.807) is 26.0 Å².